The number of sulfonamides is 1. The van der Waals surface area contributed by atoms with Gasteiger partial charge in [-0.05, 0) is 29.8 Å². The summed E-state index contributed by atoms with van der Waals surface area (Å²) in [5.74, 6) is -1.35. The summed E-state index contributed by atoms with van der Waals surface area (Å²) in [5.41, 5.74) is 0.914. The van der Waals surface area contributed by atoms with Crippen LogP contribution in [-0.4, -0.2) is 25.7 Å². The summed E-state index contributed by atoms with van der Waals surface area (Å²) in [6, 6.07) is 18.8. The number of carbonyl (C=O) groups excluding carboxylic acids is 1. The van der Waals surface area contributed by atoms with Gasteiger partial charge in [-0.25, -0.2) is 17.6 Å². The van der Waals surface area contributed by atoms with Crippen LogP contribution in [0.2, 0.25) is 5.02 Å². The van der Waals surface area contributed by atoms with Crippen molar-refractivity contribution in [2.45, 2.75) is 18.0 Å². The molecule has 3 aromatic carbocycles. The average Bonchev–Trinajstić information content (AvgIpc) is 2.73. The first-order valence-corrected chi connectivity index (χ1v) is 10.8. The Hall–Kier alpha value is -2.74. The molecule has 0 aromatic heterocycles. The van der Waals surface area contributed by atoms with E-state index < -0.39 is 21.8 Å². The number of ether oxygens (including phenoxy) is 1. The Kier molecular flexibility index (Phi) is 6.87. The molecule has 0 amide bonds. The fourth-order valence-electron chi connectivity index (χ4n) is 2.76. The van der Waals surface area contributed by atoms with Crippen LogP contribution >= 0.6 is 11.6 Å². The summed E-state index contributed by atoms with van der Waals surface area (Å²) in [5, 5.41) is 0.0400. The lowest BCUT2D eigenvalue weighted by atomic mass is 10.2. The van der Waals surface area contributed by atoms with Gasteiger partial charge in [-0.1, -0.05) is 60.1 Å². The first-order valence-electron chi connectivity index (χ1n) is 8.99. The van der Waals surface area contributed by atoms with Gasteiger partial charge in [0.05, 0.1) is 15.5 Å². The highest BCUT2D eigenvalue weighted by atomic mass is 35.5. The summed E-state index contributed by atoms with van der Waals surface area (Å²) in [6.45, 7) is -0.133. The van der Waals surface area contributed by atoms with Gasteiger partial charge < -0.3 is 4.74 Å². The van der Waals surface area contributed by atoms with E-state index in [1.165, 1.54) is 47.8 Å². The molecular weight excluding hydrogens is 429 g/mol. The van der Waals surface area contributed by atoms with Crippen molar-refractivity contribution in [2.75, 3.05) is 7.05 Å². The van der Waals surface area contributed by atoms with Crippen molar-refractivity contribution >= 4 is 27.6 Å². The highest BCUT2D eigenvalue weighted by Crippen LogP contribution is 2.24. The van der Waals surface area contributed by atoms with Crippen LogP contribution < -0.4 is 0 Å². The predicted octanol–water partition coefficient (Wildman–Crippen LogP) is 4.66. The van der Waals surface area contributed by atoms with Crippen molar-refractivity contribution < 1.29 is 22.3 Å². The molecule has 3 aromatic rings. The lowest BCUT2D eigenvalue weighted by Gasteiger charge is -2.18. The van der Waals surface area contributed by atoms with Crippen molar-refractivity contribution in [3.8, 4) is 0 Å². The molecule has 0 unspecified atom stereocenters. The second kappa shape index (κ2) is 9.38. The summed E-state index contributed by atoms with van der Waals surface area (Å²) >= 11 is 6.08. The maximum atomic E-state index is 13.7. The largest absolute Gasteiger partial charge is 0.457 e. The van der Waals surface area contributed by atoms with Gasteiger partial charge >= 0.3 is 5.97 Å². The van der Waals surface area contributed by atoms with Gasteiger partial charge in [0.15, 0.2) is 0 Å². The molecule has 0 N–H and O–H groups in total. The molecule has 30 heavy (non-hydrogen) atoms. The molecule has 0 saturated carbocycles. The Balaban J connectivity index is 1.79. The molecule has 5 nitrogen and oxygen atoms in total. The average molecular weight is 448 g/mol. The van der Waals surface area contributed by atoms with Crippen molar-refractivity contribution in [2.24, 2.45) is 0 Å². The molecule has 0 radical (unpaired) electrons. The molecule has 0 heterocycles. The van der Waals surface area contributed by atoms with E-state index in [-0.39, 0.29) is 34.2 Å². The quantitative estimate of drug-likeness (QED) is 0.494. The molecule has 0 atom stereocenters. The molecule has 8 heteroatoms. The minimum absolute atomic E-state index is 0.0400. The smallest absolute Gasteiger partial charge is 0.340 e. The van der Waals surface area contributed by atoms with Crippen LogP contribution in [0.25, 0.3) is 0 Å². The minimum atomic E-state index is -3.88. The second-order valence-corrected chi connectivity index (χ2v) is 9.01. The molecule has 0 aliphatic heterocycles. The molecule has 0 aliphatic carbocycles. The number of hydrogen-bond acceptors (Lipinski definition) is 4. The van der Waals surface area contributed by atoms with E-state index in [2.05, 4.69) is 0 Å². The topological polar surface area (TPSA) is 63.7 Å². The number of hydrogen-bond donors (Lipinski definition) is 0. The van der Waals surface area contributed by atoms with Crippen LogP contribution in [0.3, 0.4) is 0 Å². The molecule has 0 spiro atoms. The van der Waals surface area contributed by atoms with Crippen molar-refractivity contribution in [1.29, 1.82) is 0 Å². The van der Waals surface area contributed by atoms with Gasteiger partial charge in [0.1, 0.15) is 12.4 Å². The third-order valence-corrected chi connectivity index (χ3v) is 6.56. The summed E-state index contributed by atoms with van der Waals surface area (Å²) in [7, 11) is -2.43. The predicted molar refractivity (Wildman–Crippen MR) is 112 cm³/mol. The lowest BCUT2D eigenvalue weighted by Crippen LogP contribution is -2.26. The zero-order chi connectivity index (χ0) is 21.7. The number of carbonyl (C=O) groups is 1. The zero-order valence-electron chi connectivity index (χ0n) is 16.1. The van der Waals surface area contributed by atoms with Crippen molar-refractivity contribution in [3.63, 3.8) is 0 Å². The highest BCUT2D eigenvalue weighted by Gasteiger charge is 2.24. The first-order chi connectivity index (χ1) is 14.3. The maximum Gasteiger partial charge on any atom is 0.340 e. The fraction of sp³-hybridized carbons (Fsp3) is 0.136. The second-order valence-electron chi connectivity index (χ2n) is 6.56. The van der Waals surface area contributed by atoms with E-state index >= 15 is 0 Å². The van der Waals surface area contributed by atoms with Crippen LogP contribution in [0, 0.1) is 5.82 Å². The van der Waals surface area contributed by atoms with Crippen molar-refractivity contribution in [1.82, 2.24) is 4.31 Å². The van der Waals surface area contributed by atoms with Gasteiger partial charge in [0.2, 0.25) is 10.0 Å². The Morgan fingerprint density at radius 3 is 2.40 bits per heavy atom. The molecule has 0 fully saturated rings. The molecular formula is C22H19ClFNO4S. The standard InChI is InChI=1S/C22H19ClFNO4S/c1-25(14-16-7-3-2-4-8-16)30(27,28)18-11-12-20(23)19(13-18)22(26)29-15-17-9-5-6-10-21(17)24/h2-13H,14-15H2,1H3. The van der Waals surface area contributed by atoms with Crippen LogP contribution in [0.1, 0.15) is 21.5 Å². The van der Waals surface area contributed by atoms with E-state index in [9.17, 15) is 17.6 Å². The van der Waals surface area contributed by atoms with Crippen LogP contribution in [0.5, 0.6) is 0 Å². The van der Waals surface area contributed by atoms with E-state index in [4.69, 9.17) is 16.3 Å². The van der Waals surface area contributed by atoms with Crippen LogP contribution in [0.15, 0.2) is 77.7 Å². The third kappa shape index (κ3) is 5.05. The lowest BCUT2D eigenvalue weighted by molar-refractivity contribution is 0.0469. The number of benzene rings is 3. The van der Waals surface area contributed by atoms with Gasteiger partial charge in [-0.3, -0.25) is 0 Å². The Morgan fingerprint density at radius 1 is 1.03 bits per heavy atom. The number of rotatable bonds is 7. The van der Waals surface area contributed by atoms with Gasteiger partial charge in [0, 0.05) is 19.2 Å². The first kappa shape index (κ1) is 22.0. The van der Waals surface area contributed by atoms with E-state index in [0.29, 0.717) is 0 Å². The fourth-order valence-corrected chi connectivity index (χ4v) is 4.14. The molecule has 156 valence electrons. The Bertz CT molecular complexity index is 1150. The molecule has 0 saturated heterocycles. The zero-order valence-corrected chi connectivity index (χ0v) is 17.7. The van der Waals surface area contributed by atoms with Crippen LogP contribution in [0.4, 0.5) is 4.39 Å². The Morgan fingerprint density at radius 2 is 1.70 bits per heavy atom. The highest BCUT2D eigenvalue weighted by molar-refractivity contribution is 7.89. The molecule has 0 bridgehead atoms. The Labute approximate surface area is 179 Å². The summed E-state index contributed by atoms with van der Waals surface area (Å²) in [4.78, 5) is 12.4. The summed E-state index contributed by atoms with van der Waals surface area (Å²) in [6.07, 6.45) is 0. The van der Waals surface area contributed by atoms with Crippen molar-refractivity contribution in [3.05, 3.63) is 100 Å². The van der Waals surface area contributed by atoms with Crippen LogP contribution in [-0.2, 0) is 27.9 Å². The maximum absolute atomic E-state index is 13.7. The molecule has 3 rings (SSSR count). The number of esters is 1. The monoisotopic (exact) mass is 447 g/mol. The van der Waals surface area contributed by atoms with E-state index in [1.807, 2.05) is 30.3 Å². The van der Waals surface area contributed by atoms with E-state index in [1.54, 1.807) is 6.07 Å². The SMILES string of the molecule is CN(Cc1ccccc1)S(=O)(=O)c1ccc(Cl)c(C(=O)OCc2ccccc2F)c1. The normalized spacial score (nSPS) is 11.5. The van der Waals surface area contributed by atoms with Gasteiger partial charge in [-0.15, -0.1) is 0 Å². The number of nitrogens with zero attached hydrogens (tertiary/aromatic N) is 1. The molecule has 0 aliphatic rings. The minimum Gasteiger partial charge on any atom is -0.457 e. The number of halogens is 2. The third-order valence-electron chi connectivity index (χ3n) is 4.43. The summed E-state index contributed by atoms with van der Waals surface area (Å²) < 4.78 is 45.9. The van der Waals surface area contributed by atoms with E-state index in [0.717, 1.165) is 5.56 Å². The van der Waals surface area contributed by atoms with Gasteiger partial charge in [-0.2, -0.15) is 4.31 Å². The van der Waals surface area contributed by atoms with Gasteiger partial charge in [0.25, 0.3) is 0 Å².